The standard InChI is InChI=1S/C51H70N6O7/c1-6-54-41-25-36-12-8-7-11-35(36)24-40(41)42(15-10-22-58)63-48(62)51-47(61)45-37(27-49(3,4)26-34-18-19-43(52)56-29-34)13-9-14-39(45)46(60)50(51,64-51)28-38(30-59)32(2)16-17-33-20-21-55-44(23-33)57-31-53-5/h8-9,12-14,18-20,23,25,29,35,40-43,53-59H,6-7,10-11,15-17,21-22,24,26-28,30-31,52H2,1-5H3. The molecule has 3 aliphatic heterocycles. The molecule has 13 nitrogen and oxygen atoms in total. The number of allylic oxidation sites excluding steroid dienone is 8. The lowest BCUT2D eigenvalue weighted by atomic mass is 9.68. The number of carbonyl (C=O) groups excluding carboxylic acids is 3. The molecule has 346 valence electrons. The summed E-state index contributed by atoms with van der Waals surface area (Å²) in [6.45, 7) is 9.72. The van der Waals surface area contributed by atoms with E-state index < -0.39 is 34.8 Å². The van der Waals surface area contributed by atoms with E-state index in [0.29, 0.717) is 75.3 Å². The summed E-state index contributed by atoms with van der Waals surface area (Å²) in [5, 5.41) is 37.5. The zero-order chi connectivity index (χ0) is 45.6. The van der Waals surface area contributed by atoms with E-state index in [1.54, 1.807) is 12.1 Å². The van der Waals surface area contributed by atoms with Gasteiger partial charge in [0, 0.05) is 48.9 Å². The van der Waals surface area contributed by atoms with Gasteiger partial charge in [0.15, 0.2) is 11.4 Å². The van der Waals surface area contributed by atoms with Crippen molar-refractivity contribution in [3.8, 4) is 0 Å². The SMILES string of the molecule is CCNC1C=C2C=CCCC2CC1C(CCCO)OC(=O)C12OC1(CC(CO)=C(C)CCC1=CCNC(NCNC)=C1)C(=O)c1cccc(CC(C)(C)CC3=CNC(N)C=C3)c1C2=O. The minimum absolute atomic E-state index is 0.0914. The van der Waals surface area contributed by atoms with Gasteiger partial charge < -0.3 is 52.0 Å². The van der Waals surface area contributed by atoms with Crippen LogP contribution in [0.4, 0.5) is 0 Å². The molecule has 64 heavy (non-hydrogen) atoms. The van der Waals surface area contributed by atoms with Gasteiger partial charge in [-0.2, -0.15) is 0 Å². The van der Waals surface area contributed by atoms with E-state index in [1.807, 2.05) is 45.3 Å². The molecule has 13 heteroatoms. The van der Waals surface area contributed by atoms with Gasteiger partial charge in [0.05, 0.1) is 19.4 Å². The summed E-state index contributed by atoms with van der Waals surface area (Å²) in [6.07, 6.45) is 21.4. The average molecular weight is 879 g/mol. The Balaban J connectivity index is 1.24. The van der Waals surface area contributed by atoms with Crippen molar-refractivity contribution < 1.29 is 34.1 Å². The van der Waals surface area contributed by atoms with Crippen molar-refractivity contribution in [3.05, 3.63) is 117 Å². The molecule has 1 aromatic carbocycles. The molecule has 3 heterocycles. The Bertz CT molecular complexity index is 2170. The van der Waals surface area contributed by atoms with Gasteiger partial charge in [-0.25, -0.2) is 4.79 Å². The number of rotatable bonds is 21. The molecule has 0 amide bonds. The summed E-state index contributed by atoms with van der Waals surface area (Å²) in [4.78, 5) is 46.0. The molecule has 3 aliphatic carbocycles. The largest absolute Gasteiger partial charge is 0.459 e. The van der Waals surface area contributed by atoms with Crippen molar-refractivity contribution in [2.45, 2.75) is 121 Å². The van der Waals surface area contributed by atoms with E-state index in [9.17, 15) is 10.2 Å². The first kappa shape index (κ1) is 47.3. The number of ketones is 2. The van der Waals surface area contributed by atoms with Crippen LogP contribution in [0.15, 0.2) is 101 Å². The molecule has 1 saturated heterocycles. The number of carbonyl (C=O) groups is 3. The van der Waals surface area contributed by atoms with Gasteiger partial charge in [0.1, 0.15) is 11.9 Å². The number of hydrogen-bond acceptors (Lipinski definition) is 13. The second-order valence-electron chi connectivity index (χ2n) is 19.2. The van der Waals surface area contributed by atoms with Gasteiger partial charge in [-0.05, 0) is 130 Å². The van der Waals surface area contributed by atoms with Crippen molar-refractivity contribution in [3.63, 3.8) is 0 Å². The van der Waals surface area contributed by atoms with E-state index in [1.165, 1.54) is 5.57 Å². The minimum atomic E-state index is -2.25. The monoisotopic (exact) mass is 879 g/mol. The van der Waals surface area contributed by atoms with E-state index in [4.69, 9.17) is 15.2 Å². The summed E-state index contributed by atoms with van der Waals surface area (Å²) < 4.78 is 13.1. The smallest absolute Gasteiger partial charge is 0.350 e. The number of Topliss-reactive ketones (excluding diaryl/α,β-unsaturated/α-hetero) is 2. The summed E-state index contributed by atoms with van der Waals surface area (Å²) in [5.74, 6) is -0.871. The van der Waals surface area contributed by atoms with Gasteiger partial charge in [-0.1, -0.05) is 74.9 Å². The van der Waals surface area contributed by atoms with Crippen molar-refractivity contribution in [2.24, 2.45) is 23.0 Å². The number of fused-ring (bicyclic) bond motifs is 3. The molecule has 1 fully saturated rings. The summed E-state index contributed by atoms with van der Waals surface area (Å²) in [5.41, 5.74) is 7.39. The number of benzene rings is 1. The molecule has 7 atom stereocenters. The molecule has 7 rings (SSSR count). The van der Waals surface area contributed by atoms with Crippen LogP contribution in [0.3, 0.4) is 0 Å². The molecule has 0 aromatic heterocycles. The zero-order valence-corrected chi connectivity index (χ0v) is 38.4. The first-order valence-electron chi connectivity index (χ1n) is 23.3. The number of epoxide rings is 1. The highest BCUT2D eigenvalue weighted by Crippen LogP contribution is 2.60. The number of dihydropyridines is 2. The summed E-state index contributed by atoms with van der Waals surface area (Å²) >= 11 is 0. The normalized spacial score (nSPS) is 27.9. The number of nitrogens with two attached hydrogens (primary N) is 1. The number of aliphatic hydroxyl groups excluding tert-OH is 2. The van der Waals surface area contributed by atoms with Crippen LogP contribution < -0.4 is 32.3 Å². The molecule has 1 aromatic rings. The third-order valence-electron chi connectivity index (χ3n) is 13.9. The van der Waals surface area contributed by atoms with Gasteiger partial charge in [-0.15, -0.1) is 0 Å². The quantitative estimate of drug-likeness (QED) is 0.0269. The Morgan fingerprint density at radius 1 is 1.14 bits per heavy atom. The molecule has 0 spiro atoms. The summed E-state index contributed by atoms with van der Waals surface area (Å²) in [6, 6.07) is 5.20. The first-order valence-corrected chi connectivity index (χ1v) is 23.3. The molecule has 0 bridgehead atoms. The predicted molar refractivity (Wildman–Crippen MR) is 249 cm³/mol. The van der Waals surface area contributed by atoms with Crippen LogP contribution in [0.2, 0.25) is 0 Å². The fraction of sp³-hybridized carbons (Fsp3) is 0.549. The molecular formula is C51H70N6O7. The van der Waals surface area contributed by atoms with Crippen molar-refractivity contribution in [1.29, 1.82) is 0 Å². The van der Waals surface area contributed by atoms with E-state index in [2.05, 4.69) is 70.8 Å². The van der Waals surface area contributed by atoms with E-state index >= 15 is 14.4 Å². The lowest BCUT2D eigenvalue weighted by Crippen LogP contribution is -2.53. The number of likely N-dealkylation sites (N-methyl/N-ethyl adjacent to an activating group) is 1. The van der Waals surface area contributed by atoms with Crippen LogP contribution in [-0.2, 0) is 20.7 Å². The number of nitrogens with one attached hydrogen (secondary N) is 5. The second kappa shape index (κ2) is 20.3. The maximum Gasteiger partial charge on any atom is 0.350 e. The molecule has 0 saturated carbocycles. The topological polar surface area (TPSA) is 200 Å². The van der Waals surface area contributed by atoms with Gasteiger partial charge >= 0.3 is 5.97 Å². The number of aliphatic hydroxyl groups is 2. The maximum absolute atomic E-state index is 15.5. The number of hydrogen-bond donors (Lipinski definition) is 8. The molecule has 9 N–H and O–H groups in total. The van der Waals surface area contributed by atoms with Crippen molar-refractivity contribution in [1.82, 2.24) is 26.6 Å². The average Bonchev–Trinajstić information content (AvgIpc) is 3.99. The molecule has 6 aliphatic rings. The predicted octanol–water partition coefficient (Wildman–Crippen LogP) is 5.05. The highest BCUT2D eigenvalue weighted by Gasteiger charge is 2.86. The van der Waals surface area contributed by atoms with Crippen LogP contribution in [0.25, 0.3) is 0 Å². The second-order valence-corrected chi connectivity index (χ2v) is 19.2. The molecule has 0 radical (unpaired) electrons. The lowest BCUT2D eigenvalue weighted by molar-refractivity contribution is -0.158. The Hall–Kier alpha value is -4.63. The van der Waals surface area contributed by atoms with Crippen molar-refractivity contribution >= 4 is 17.5 Å². The Kier molecular flexibility index (Phi) is 15.0. The van der Waals surface area contributed by atoms with Gasteiger partial charge in [-0.3, -0.25) is 9.59 Å². The molecular weight excluding hydrogens is 809 g/mol. The molecule has 7 unspecified atom stereocenters. The minimum Gasteiger partial charge on any atom is -0.459 e. The van der Waals surface area contributed by atoms with E-state index in [-0.39, 0.29) is 54.3 Å². The van der Waals surface area contributed by atoms with Gasteiger partial charge in [0.2, 0.25) is 5.78 Å². The first-order chi connectivity index (χ1) is 30.8. The fourth-order valence-electron chi connectivity index (χ4n) is 10.6. The Morgan fingerprint density at radius 2 is 1.97 bits per heavy atom. The summed E-state index contributed by atoms with van der Waals surface area (Å²) in [7, 11) is 1.87. The van der Waals surface area contributed by atoms with Crippen LogP contribution in [0, 0.1) is 17.3 Å². The van der Waals surface area contributed by atoms with Crippen LogP contribution in [0.5, 0.6) is 0 Å². The Morgan fingerprint density at radius 3 is 2.70 bits per heavy atom. The Labute approximate surface area is 378 Å². The highest BCUT2D eigenvalue weighted by atomic mass is 16.7. The zero-order valence-electron chi connectivity index (χ0n) is 38.4. The number of ether oxygens (including phenoxy) is 2. The van der Waals surface area contributed by atoms with Gasteiger partial charge in [0.25, 0.3) is 5.60 Å². The maximum atomic E-state index is 15.5. The van der Waals surface area contributed by atoms with Crippen molar-refractivity contribution in [2.75, 3.05) is 40.0 Å². The lowest BCUT2D eigenvalue weighted by Gasteiger charge is -2.40. The van der Waals surface area contributed by atoms with Crippen LogP contribution in [0.1, 0.15) is 112 Å². The van der Waals surface area contributed by atoms with E-state index in [0.717, 1.165) is 41.8 Å². The third-order valence-corrected chi connectivity index (χ3v) is 13.9. The third kappa shape index (κ3) is 9.80. The number of esters is 1. The highest BCUT2D eigenvalue weighted by molar-refractivity contribution is 6.33. The fourth-order valence-corrected chi connectivity index (χ4v) is 10.6. The van der Waals surface area contributed by atoms with Crippen LogP contribution >= 0.6 is 0 Å². The van der Waals surface area contributed by atoms with Crippen LogP contribution in [-0.4, -0.2) is 97.3 Å².